The molecule has 0 amide bonds. The molecule has 1 fully saturated rings. The molecule has 2 N–H and O–H groups in total. The van der Waals surface area contributed by atoms with Crippen molar-refractivity contribution in [2.24, 2.45) is 5.10 Å². The third kappa shape index (κ3) is 3.32. The van der Waals surface area contributed by atoms with E-state index < -0.39 is 0 Å². The molecule has 1 heterocycles. The van der Waals surface area contributed by atoms with Crippen molar-refractivity contribution in [2.75, 3.05) is 20.1 Å². The Kier molecular flexibility index (Phi) is 3.69. The number of aliphatic hydroxyl groups excluding tert-OH is 1. The highest BCUT2D eigenvalue weighted by molar-refractivity contribution is 5.88. The molecule has 0 saturated carbocycles. The zero-order chi connectivity index (χ0) is 9.84. The standard InChI is InChI=1S/C9H19N3O/c1-7-4-9(6-12(7)3)11-10-5-8(2)13/h7-8,10,13H,4-6H2,1-3H3/b11-9+. The van der Waals surface area contributed by atoms with E-state index in [1.54, 1.807) is 6.92 Å². The maximum Gasteiger partial charge on any atom is 0.0701 e. The summed E-state index contributed by atoms with van der Waals surface area (Å²) in [5.74, 6) is 0. The number of rotatable bonds is 3. The average molecular weight is 185 g/mol. The minimum atomic E-state index is -0.332. The summed E-state index contributed by atoms with van der Waals surface area (Å²) in [7, 11) is 2.10. The minimum Gasteiger partial charge on any atom is -0.392 e. The van der Waals surface area contributed by atoms with E-state index in [4.69, 9.17) is 5.11 Å². The molecular formula is C9H19N3O. The summed E-state index contributed by atoms with van der Waals surface area (Å²) in [6.45, 7) is 5.41. The number of hydrogen-bond donors (Lipinski definition) is 2. The molecule has 0 aromatic carbocycles. The summed E-state index contributed by atoms with van der Waals surface area (Å²) in [5.41, 5.74) is 4.06. The fourth-order valence-corrected chi connectivity index (χ4v) is 1.38. The largest absolute Gasteiger partial charge is 0.392 e. The topological polar surface area (TPSA) is 47.9 Å². The molecule has 0 aliphatic carbocycles. The summed E-state index contributed by atoms with van der Waals surface area (Å²) in [5, 5.41) is 13.2. The zero-order valence-electron chi connectivity index (χ0n) is 8.62. The van der Waals surface area contributed by atoms with Crippen molar-refractivity contribution in [1.29, 1.82) is 0 Å². The summed E-state index contributed by atoms with van der Waals surface area (Å²) < 4.78 is 0. The molecule has 4 nitrogen and oxygen atoms in total. The van der Waals surface area contributed by atoms with E-state index in [2.05, 4.69) is 29.4 Å². The predicted molar refractivity (Wildman–Crippen MR) is 53.8 cm³/mol. The number of hydrogen-bond acceptors (Lipinski definition) is 4. The summed E-state index contributed by atoms with van der Waals surface area (Å²) in [6.07, 6.45) is 0.699. The van der Waals surface area contributed by atoms with Gasteiger partial charge in [0.2, 0.25) is 0 Å². The highest BCUT2D eigenvalue weighted by atomic mass is 16.3. The second-order valence-electron chi connectivity index (χ2n) is 3.86. The normalized spacial score (nSPS) is 29.5. The van der Waals surface area contributed by atoms with Crippen LogP contribution in [0, 0.1) is 0 Å². The molecule has 4 heteroatoms. The number of nitrogens with zero attached hydrogens (tertiary/aromatic N) is 2. The first-order chi connectivity index (χ1) is 6.09. The van der Waals surface area contributed by atoms with Gasteiger partial charge in [0.25, 0.3) is 0 Å². The maximum atomic E-state index is 8.99. The minimum absolute atomic E-state index is 0.332. The first kappa shape index (κ1) is 10.5. The maximum absolute atomic E-state index is 8.99. The summed E-state index contributed by atoms with van der Waals surface area (Å²) in [6, 6.07) is 0.590. The molecule has 1 saturated heterocycles. The van der Waals surface area contributed by atoms with E-state index >= 15 is 0 Å². The fourth-order valence-electron chi connectivity index (χ4n) is 1.38. The molecule has 0 spiro atoms. The number of aliphatic hydroxyl groups is 1. The van der Waals surface area contributed by atoms with Crippen LogP contribution in [0.4, 0.5) is 0 Å². The molecule has 76 valence electrons. The molecule has 1 aliphatic rings. The fraction of sp³-hybridized carbons (Fsp3) is 0.889. The van der Waals surface area contributed by atoms with Crippen LogP contribution < -0.4 is 5.43 Å². The Balaban J connectivity index is 2.29. The van der Waals surface area contributed by atoms with Crippen molar-refractivity contribution < 1.29 is 5.11 Å². The van der Waals surface area contributed by atoms with Gasteiger partial charge in [-0.2, -0.15) is 5.10 Å². The van der Waals surface area contributed by atoms with Gasteiger partial charge in [-0.05, 0) is 20.9 Å². The van der Waals surface area contributed by atoms with Crippen LogP contribution in [0.3, 0.4) is 0 Å². The highest BCUT2D eigenvalue weighted by Crippen LogP contribution is 2.11. The van der Waals surface area contributed by atoms with Crippen LogP contribution in [-0.2, 0) is 0 Å². The predicted octanol–water partition coefficient (Wildman–Crippen LogP) is 0.0368. The molecule has 0 aromatic rings. The Bertz CT molecular complexity index is 179. The third-order valence-electron chi connectivity index (χ3n) is 2.34. The van der Waals surface area contributed by atoms with Gasteiger partial charge in [0.15, 0.2) is 0 Å². The van der Waals surface area contributed by atoms with Crippen molar-refractivity contribution in [3.05, 3.63) is 0 Å². The van der Waals surface area contributed by atoms with Crippen LogP contribution in [0.2, 0.25) is 0 Å². The van der Waals surface area contributed by atoms with Crippen LogP contribution in [0.5, 0.6) is 0 Å². The van der Waals surface area contributed by atoms with E-state index in [1.807, 2.05) is 0 Å². The molecule has 2 atom stereocenters. The van der Waals surface area contributed by atoms with Crippen molar-refractivity contribution >= 4 is 5.71 Å². The van der Waals surface area contributed by atoms with E-state index in [0.717, 1.165) is 13.0 Å². The first-order valence-corrected chi connectivity index (χ1v) is 4.76. The lowest BCUT2D eigenvalue weighted by atomic mass is 10.2. The second-order valence-corrected chi connectivity index (χ2v) is 3.86. The Morgan fingerprint density at radius 2 is 2.46 bits per heavy atom. The van der Waals surface area contributed by atoms with Gasteiger partial charge in [0.05, 0.1) is 18.4 Å². The van der Waals surface area contributed by atoms with Crippen molar-refractivity contribution in [3.63, 3.8) is 0 Å². The molecule has 13 heavy (non-hydrogen) atoms. The van der Waals surface area contributed by atoms with Gasteiger partial charge in [-0.25, -0.2) is 0 Å². The highest BCUT2D eigenvalue weighted by Gasteiger charge is 2.21. The Labute approximate surface area is 79.6 Å². The molecule has 2 unspecified atom stereocenters. The van der Waals surface area contributed by atoms with E-state index in [-0.39, 0.29) is 6.10 Å². The van der Waals surface area contributed by atoms with Crippen molar-refractivity contribution in [3.8, 4) is 0 Å². The van der Waals surface area contributed by atoms with E-state index in [0.29, 0.717) is 12.6 Å². The van der Waals surface area contributed by atoms with Crippen LogP contribution >= 0.6 is 0 Å². The zero-order valence-corrected chi connectivity index (χ0v) is 8.62. The Hall–Kier alpha value is -0.610. The SMILES string of the molecule is CC(O)CN/N=C1\CC(C)N(C)C1. The van der Waals surface area contributed by atoms with Gasteiger partial charge in [-0.15, -0.1) is 0 Å². The molecule has 1 rings (SSSR count). The lowest BCUT2D eigenvalue weighted by Gasteiger charge is -2.11. The Morgan fingerprint density at radius 3 is 2.92 bits per heavy atom. The summed E-state index contributed by atoms with van der Waals surface area (Å²) >= 11 is 0. The molecule has 0 aromatic heterocycles. The van der Waals surface area contributed by atoms with Gasteiger partial charge in [0.1, 0.15) is 0 Å². The lowest BCUT2D eigenvalue weighted by Crippen LogP contribution is -2.23. The van der Waals surface area contributed by atoms with Crippen LogP contribution in [-0.4, -0.2) is 48.0 Å². The number of likely N-dealkylation sites (tertiary alicyclic amines) is 1. The van der Waals surface area contributed by atoms with Gasteiger partial charge in [0, 0.05) is 19.0 Å². The van der Waals surface area contributed by atoms with E-state index in [9.17, 15) is 0 Å². The number of hydrazone groups is 1. The molecular weight excluding hydrogens is 166 g/mol. The third-order valence-corrected chi connectivity index (χ3v) is 2.34. The van der Waals surface area contributed by atoms with Gasteiger partial charge in [-0.1, -0.05) is 0 Å². The monoisotopic (exact) mass is 185 g/mol. The molecule has 0 bridgehead atoms. The van der Waals surface area contributed by atoms with Crippen molar-refractivity contribution in [2.45, 2.75) is 32.4 Å². The lowest BCUT2D eigenvalue weighted by molar-refractivity contribution is 0.192. The molecule has 1 aliphatic heterocycles. The van der Waals surface area contributed by atoms with Crippen LogP contribution in [0.15, 0.2) is 5.10 Å². The quantitative estimate of drug-likeness (QED) is 0.610. The summed E-state index contributed by atoms with van der Waals surface area (Å²) in [4.78, 5) is 2.27. The number of nitrogens with one attached hydrogen (secondary N) is 1. The van der Waals surface area contributed by atoms with Gasteiger partial charge >= 0.3 is 0 Å². The van der Waals surface area contributed by atoms with Crippen LogP contribution in [0.1, 0.15) is 20.3 Å². The second kappa shape index (κ2) is 4.58. The van der Waals surface area contributed by atoms with Gasteiger partial charge < -0.3 is 10.5 Å². The van der Waals surface area contributed by atoms with Crippen LogP contribution in [0.25, 0.3) is 0 Å². The van der Waals surface area contributed by atoms with Gasteiger partial charge in [-0.3, -0.25) is 4.90 Å². The first-order valence-electron chi connectivity index (χ1n) is 4.76. The Morgan fingerprint density at radius 1 is 1.77 bits per heavy atom. The van der Waals surface area contributed by atoms with E-state index in [1.165, 1.54) is 5.71 Å². The molecule has 0 radical (unpaired) electrons. The smallest absolute Gasteiger partial charge is 0.0701 e. The average Bonchev–Trinajstić information content (AvgIpc) is 2.30. The van der Waals surface area contributed by atoms with Crippen molar-refractivity contribution in [1.82, 2.24) is 10.3 Å².